The second-order valence-electron chi connectivity index (χ2n) is 6.00. The lowest BCUT2D eigenvalue weighted by atomic mass is 9.76. The quantitative estimate of drug-likeness (QED) is 0.890. The van der Waals surface area contributed by atoms with Crippen molar-refractivity contribution in [2.75, 3.05) is 6.54 Å². The second kappa shape index (κ2) is 5.81. The van der Waals surface area contributed by atoms with Crippen LogP contribution in [0.25, 0.3) is 0 Å². The molecule has 100 valence electrons. The first kappa shape index (κ1) is 13.5. The van der Waals surface area contributed by atoms with Crippen LogP contribution in [0.5, 0.6) is 0 Å². The summed E-state index contributed by atoms with van der Waals surface area (Å²) in [6, 6.07) is 3.98. The van der Waals surface area contributed by atoms with Gasteiger partial charge in [-0.15, -0.1) is 0 Å². The lowest BCUT2D eigenvalue weighted by Crippen LogP contribution is -2.29. The van der Waals surface area contributed by atoms with Crippen LogP contribution in [0.4, 0.5) is 0 Å². The maximum atomic E-state index is 6.17. The van der Waals surface area contributed by atoms with Crippen molar-refractivity contribution in [3.63, 3.8) is 0 Å². The van der Waals surface area contributed by atoms with Crippen molar-refractivity contribution < 1.29 is 4.74 Å². The highest BCUT2D eigenvalue weighted by molar-refractivity contribution is 5.13. The summed E-state index contributed by atoms with van der Waals surface area (Å²) in [7, 11) is 0. The van der Waals surface area contributed by atoms with Crippen LogP contribution in [-0.2, 0) is 4.74 Å². The number of aromatic nitrogens is 1. The molecule has 2 N–H and O–H groups in total. The van der Waals surface area contributed by atoms with E-state index in [1.54, 1.807) is 12.4 Å². The normalized spacial score (nSPS) is 21.7. The standard InChI is InChI=1S/C15H24N2O/c1-15(2)7-3-13(4-8-15)18-14(11-16)12-5-9-17-10-6-12/h5-6,9-10,13-14H,3-4,7-8,11,16H2,1-2H3. The molecule has 3 heteroatoms. The predicted molar refractivity (Wildman–Crippen MR) is 73.2 cm³/mol. The third-order valence-corrected chi connectivity index (χ3v) is 3.93. The molecule has 1 heterocycles. The number of hydrogen-bond acceptors (Lipinski definition) is 3. The van der Waals surface area contributed by atoms with E-state index in [4.69, 9.17) is 10.5 Å². The zero-order chi connectivity index (χ0) is 13.0. The van der Waals surface area contributed by atoms with Crippen LogP contribution in [0.2, 0.25) is 0 Å². The Kier molecular flexibility index (Phi) is 4.36. The Morgan fingerprint density at radius 2 is 1.94 bits per heavy atom. The van der Waals surface area contributed by atoms with Gasteiger partial charge in [-0.25, -0.2) is 0 Å². The lowest BCUT2D eigenvalue weighted by molar-refractivity contribution is -0.0429. The molecule has 0 amide bonds. The molecule has 0 aliphatic heterocycles. The summed E-state index contributed by atoms with van der Waals surface area (Å²) in [5, 5.41) is 0. The van der Waals surface area contributed by atoms with Crippen molar-refractivity contribution in [1.82, 2.24) is 4.98 Å². The van der Waals surface area contributed by atoms with E-state index in [2.05, 4.69) is 18.8 Å². The SMILES string of the molecule is CC1(C)CCC(OC(CN)c2ccncc2)CC1. The molecule has 18 heavy (non-hydrogen) atoms. The van der Waals surface area contributed by atoms with Gasteiger partial charge in [-0.05, 0) is 48.8 Å². The van der Waals surface area contributed by atoms with Crippen molar-refractivity contribution in [3.05, 3.63) is 30.1 Å². The molecule has 2 rings (SSSR count). The van der Waals surface area contributed by atoms with Crippen LogP contribution in [0.3, 0.4) is 0 Å². The molecule has 1 unspecified atom stereocenters. The molecule has 1 aromatic heterocycles. The molecule has 1 atom stereocenters. The van der Waals surface area contributed by atoms with Gasteiger partial charge in [0.1, 0.15) is 0 Å². The van der Waals surface area contributed by atoms with Crippen LogP contribution in [0.1, 0.15) is 51.2 Å². The van der Waals surface area contributed by atoms with Gasteiger partial charge in [-0.2, -0.15) is 0 Å². The molecule has 1 aliphatic rings. The zero-order valence-electron chi connectivity index (χ0n) is 11.4. The van der Waals surface area contributed by atoms with Crippen LogP contribution >= 0.6 is 0 Å². The summed E-state index contributed by atoms with van der Waals surface area (Å²) in [5.41, 5.74) is 7.45. The summed E-state index contributed by atoms with van der Waals surface area (Å²) in [4.78, 5) is 4.03. The third-order valence-electron chi connectivity index (χ3n) is 3.93. The monoisotopic (exact) mass is 248 g/mol. The highest BCUT2D eigenvalue weighted by Crippen LogP contribution is 2.37. The van der Waals surface area contributed by atoms with Gasteiger partial charge in [0.25, 0.3) is 0 Å². The average Bonchev–Trinajstić information content (AvgIpc) is 2.39. The molecule has 0 spiro atoms. The molecule has 0 bridgehead atoms. The minimum Gasteiger partial charge on any atom is -0.369 e. The Bertz CT molecular complexity index is 354. The van der Waals surface area contributed by atoms with E-state index >= 15 is 0 Å². The smallest absolute Gasteiger partial charge is 0.0951 e. The number of hydrogen-bond donors (Lipinski definition) is 1. The molecule has 1 saturated carbocycles. The summed E-state index contributed by atoms with van der Waals surface area (Å²) >= 11 is 0. The molecular formula is C15H24N2O. The summed E-state index contributed by atoms with van der Waals surface area (Å²) in [6.45, 7) is 5.21. The minimum absolute atomic E-state index is 0.0132. The minimum atomic E-state index is 0.0132. The fourth-order valence-corrected chi connectivity index (χ4v) is 2.59. The van der Waals surface area contributed by atoms with Crippen LogP contribution in [-0.4, -0.2) is 17.6 Å². The second-order valence-corrected chi connectivity index (χ2v) is 6.00. The van der Waals surface area contributed by atoms with Gasteiger partial charge in [-0.1, -0.05) is 13.8 Å². The maximum absolute atomic E-state index is 6.17. The lowest BCUT2D eigenvalue weighted by Gasteiger charge is -2.35. The van der Waals surface area contributed by atoms with E-state index < -0.39 is 0 Å². The summed E-state index contributed by atoms with van der Waals surface area (Å²) < 4.78 is 6.17. The van der Waals surface area contributed by atoms with Crippen molar-refractivity contribution >= 4 is 0 Å². The number of ether oxygens (including phenoxy) is 1. The van der Waals surface area contributed by atoms with Gasteiger partial charge < -0.3 is 10.5 Å². The first-order valence-corrected chi connectivity index (χ1v) is 6.86. The van der Waals surface area contributed by atoms with E-state index in [1.165, 1.54) is 12.8 Å². The maximum Gasteiger partial charge on any atom is 0.0951 e. The van der Waals surface area contributed by atoms with E-state index in [9.17, 15) is 0 Å². The van der Waals surface area contributed by atoms with Crippen molar-refractivity contribution in [2.45, 2.75) is 51.7 Å². The van der Waals surface area contributed by atoms with Gasteiger partial charge in [0.15, 0.2) is 0 Å². The fraction of sp³-hybridized carbons (Fsp3) is 0.667. The zero-order valence-corrected chi connectivity index (χ0v) is 11.4. The Labute approximate surface area is 110 Å². The third kappa shape index (κ3) is 3.53. The van der Waals surface area contributed by atoms with Crippen molar-refractivity contribution in [3.8, 4) is 0 Å². The van der Waals surface area contributed by atoms with E-state index in [1.807, 2.05) is 12.1 Å². The number of nitrogens with two attached hydrogens (primary N) is 1. The molecule has 1 aliphatic carbocycles. The molecule has 3 nitrogen and oxygen atoms in total. The van der Waals surface area contributed by atoms with Gasteiger partial charge in [0, 0.05) is 18.9 Å². The molecule has 0 radical (unpaired) electrons. The van der Waals surface area contributed by atoms with E-state index in [0.717, 1.165) is 18.4 Å². The molecule has 1 fully saturated rings. The van der Waals surface area contributed by atoms with Crippen LogP contribution < -0.4 is 5.73 Å². The number of rotatable bonds is 4. The number of nitrogens with zero attached hydrogens (tertiary/aromatic N) is 1. The highest BCUT2D eigenvalue weighted by atomic mass is 16.5. The summed E-state index contributed by atoms with van der Waals surface area (Å²) in [6.07, 6.45) is 8.75. The van der Waals surface area contributed by atoms with Gasteiger partial charge in [-0.3, -0.25) is 4.98 Å². The van der Waals surface area contributed by atoms with E-state index in [0.29, 0.717) is 18.1 Å². The fourth-order valence-electron chi connectivity index (χ4n) is 2.59. The van der Waals surface area contributed by atoms with Crippen molar-refractivity contribution in [1.29, 1.82) is 0 Å². The molecular weight excluding hydrogens is 224 g/mol. The first-order valence-electron chi connectivity index (χ1n) is 6.86. The molecule has 0 aromatic carbocycles. The van der Waals surface area contributed by atoms with Crippen LogP contribution in [0.15, 0.2) is 24.5 Å². The van der Waals surface area contributed by atoms with Gasteiger partial charge in [0.2, 0.25) is 0 Å². The van der Waals surface area contributed by atoms with E-state index in [-0.39, 0.29) is 6.10 Å². The Balaban J connectivity index is 1.92. The Hall–Kier alpha value is -0.930. The first-order chi connectivity index (χ1) is 8.61. The largest absolute Gasteiger partial charge is 0.369 e. The number of pyridine rings is 1. The predicted octanol–water partition coefficient (Wildman–Crippen LogP) is 3.07. The topological polar surface area (TPSA) is 48.1 Å². The molecule has 0 saturated heterocycles. The van der Waals surface area contributed by atoms with Crippen LogP contribution in [0, 0.1) is 5.41 Å². The highest BCUT2D eigenvalue weighted by Gasteiger charge is 2.28. The average molecular weight is 248 g/mol. The van der Waals surface area contributed by atoms with Gasteiger partial charge >= 0.3 is 0 Å². The summed E-state index contributed by atoms with van der Waals surface area (Å²) in [5.74, 6) is 0. The van der Waals surface area contributed by atoms with Gasteiger partial charge in [0.05, 0.1) is 12.2 Å². The van der Waals surface area contributed by atoms with Crippen molar-refractivity contribution in [2.24, 2.45) is 11.1 Å². The Morgan fingerprint density at radius 3 is 2.50 bits per heavy atom. The molecule has 1 aromatic rings. The Morgan fingerprint density at radius 1 is 1.33 bits per heavy atom.